The number of nitrogens with zero attached hydrogens (tertiary/aromatic N) is 2. The van der Waals surface area contributed by atoms with Gasteiger partial charge in [-0.15, -0.1) is 0 Å². The predicted octanol–water partition coefficient (Wildman–Crippen LogP) is 7.11. The van der Waals surface area contributed by atoms with Gasteiger partial charge in [0, 0.05) is 35.6 Å². The van der Waals surface area contributed by atoms with Gasteiger partial charge in [0.2, 0.25) is 0 Å². The molecule has 0 saturated heterocycles. The Morgan fingerprint density at radius 2 is 1.83 bits per heavy atom. The number of benzene rings is 2. The molecule has 1 aromatic heterocycles. The highest BCUT2D eigenvalue weighted by molar-refractivity contribution is 6.10. The van der Waals surface area contributed by atoms with Crippen molar-refractivity contribution in [3.63, 3.8) is 0 Å². The van der Waals surface area contributed by atoms with Crippen molar-refractivity contribution in [1.29, 1.82) is 0 Å². The Morgan fingerprint density at radius 3 is 2.57 bits per heavy atom. The second-order valence-electron chi connectivity index (χ2n) is 8.93. The summed E-state index contributed by atoms with van der Waals surface area (Å²) in [7, 11) is 2.15. The van der Waals surface area contributed by atoms with Crippen LogP contribution in [0, 0.1) is 0 Å². The van der Waals surface area contributed by atoms with Gasteiger partial charge >= 0.3 is 0 Å². The smallest absolute Gasteiger partial charge is 0.159 e. The van der Waals surface area contributed by atoms with Crippen LogP contribution in [0.25, 0.3) is 21.9 Å². The third-order valence-electron chi connectivity index (χ3n) is 7.52. The van der Waals surface area contributed by atoms with Crippen LogP contribution in [0.15, 0.2) is 59.3 Å². The lowest BCUT2D eigenvalue weighted by atomic mass is 9.66. The first-order chi connectivity index (χ1) is 14.6. The summed E-state index contributed by atoms with van der Waals surface area (Å²) in [5.41, 5.74) is 7.22. The maximum Gasteiger partial charge on any atom is 0.159 e. The summed E-state index contributed by atoms with van der Waals surface area (Å²) >= 11 is 0. The lowest BCUT2D eigenvalue weighted by Crippen LogP contribution is -2.49. The Labute approximate surface area is 179 Å². The first-order valence-corrected chi connectivity index (χ1v) is 11.4. The molecule has 3 heterocycles. The van der Waals surface area contributed by atoms with Crippen LogP contribution in [0.5, 0.6) is 0 Å². The quantitative estimate of drug-likeness (QED) is 0.426. The minimum atomic E-state index is -0.0315. The van der Waals surface area contributed by atoms with E-state index in [-0.39, 0.29) is 11.6 Å². The number of rotatable bonds is 5. The number of fused-ring (bicyclic) bond motifs is 7. The SMILES string of the molecule is C=C1C2N(C)C=CN2c2c(ccc3c2oc2ccc(CCCC)cc23)C1(CC)CC. The second kappa shape index (κ2) is 6.94. The molecule has 3 nitrogen and oxygen atoms in total. The van der Waals surface area contributed by atoms with E-state index in [1.807, 2.05) is 0 Å². The molecule has 2 aromatic carbocycles. The molecular weight excluding hydrogens is 368 g/mol. The Hall–Kier alpha value is -2.68. The fourth-order valence-electron chi connectivity index (χ4n) is 5.70. The monoisotopic (exact) mass is 400 g/mol. The summed E-state index contributed by atoms with van der Waals surface area (Å²) in [6.45, 7) is 11.4. The molecule has 156 valence electrons. The summed E-state index contributed by atoms with van der Waals surface area (Å²) in [4.78, 5) is 4.64. The zero-order chi connectivity index (χ0) is 21.0. The molecule has 2 aliphatic heterocycles. The normalized spacial score (nSPS) is 19.7. The van der Waals surface area contributed by atoms with Gasteiger partial charge in [0.1, 0.15) is 11.7 Å². The van der Waals surface area contributed by atoms with Gasteiger partial charge in [0.15, 0.2) is 5.58 Å². The second-order valence-corrected chi connectivity index (χ2v) is 8.93. The summed E-state index contributed by atoms with van der Waals surface area (Å²) in [6.07, 6.45) is 10.1. The third kappa shape index (κ3) is 2.44. The van der Waals surface area contributed by atoms with Crippen molar-refractivity contribution in [3.05, 3.63) is 66.0 Å². The maximum atomic E-state index is 6.55. The van der Waals surface area contributed by atoms with E-state index in [0.29, 0.717) is 0 Å². The van der Waals surface area contributed by atoms with Gasteiger partial charge in [-0.2, -0.15) is 0 Å². The highest BCUT2D eigenvalue weighted by Gasteiger charge is 2.48. The molecule has 5 rings (SSSR count). The summed E-state index contributed by atoms with van der Waals surface area (Å²) in [5, 5.41) is 2.45. The van der Waals surface area contributed by atoms with Gasteiger partial charge < -0.3 is 14.2 Å². The van der Waals surface area contributed by atoms with Crippen LogP contribution in [0.1, 0.15) is 57.6 Å². The van der Waals surface area contributed by atoms with Crippen molar-refractivity contribution in [2.45, 2.75) is 64.5 Å². The molecule has 3 heteroatoms. The van der Waals surface area contributed by atoms with E-state index in [0.717, 1.165) is 30.4 Å². The van der Waals surface area contributed by atoms with Crippen LogP contribution >= 0.6 is 0 Å². The lowest BCUT2D eigenvalue weighted by Gasteiger charge is -2.48. The third-order valence-corrected chi connectivity index (χ3v) is 7.52. The fraction of sp³-hybridized carbons (Fsp3) is 0.407. The largest absolute Gasteiger partial charge is 0.454 e. The number of furan rings is 1. The van der Waals surface area contributed by atoms with Crippen LogP contribution in [-0.4, -0.2) is 18.1 Å². The van der Waals surface area contributed by atoms with E-state index < -0.39 is 0 Å². The van der Waals surface area contributed by atoms with Crippen molar-refractivity contribution in [2.75, 3.05) is 11.9 Å². The number of anilines is 1. The summed E-state index contributed by atoms with van der Waals surface area (Å²) < 4.78 is 6.55. The average Bonchev–Trinajstić information content (AvgIpc) is 3.33. The molecule has 0 bridgehead atoms. The van der Waals surface area contributed by atoms with E-state index >= 15 is 0 Å². The first-order valence-electron chi connectivity index (χ1n) is 11.4. The van der Waals surface area contributed by atoms with Crippen LogP contribution in [0.3, 0.4) is 0 Å². The van der Waals surface area contributed by atoms with Gasteiger partial charge in [-0.3, -0.25) is 0 Å². The number of likely N-dealkylation sites (N-methyl/N-ethyl adjacent to an activating group) is 1. The Bertz CT molecular complexity index is 1160. The molecule has 30 heavy (non-hydrogen) atoms. The molecular formula is C27H32N2O. The molecule has 0 spiro atoms. The molecule has 3 aromatic rings. The lowest BCUT2D eigenvalue weighted by molar-refractivity contribution is 0.323. The molecule has 0 radical (unpaired) electrons. The number of aryl methyl sites for hydroxylation is 1. The maximum absolute atomic E-state index is 6.55. The van der Waals surface area contributed by atoms with Gasteiger partial charge in [-0.25, -0.2) is 0 Å². The zero-order valence-electron chi connectivity index (χ0n) is 18.7. The average molecular weight is 401 g/mol. The highest BCUT2D eigenvalue weighted by Crippen LogP contribution is 2.54. The molecule has 0 aliphatic carbocycles. The number of hydrogen-bond donors (Lipinski definition) is 0. The van der Waals surface area contributed by atoms with Crippen LogP contribution in [0.2, 0.25) is 0 Å². The molecule has 1 unspecified atom stereocenters. The molecule has 0 amide bonds. The van der Waals surface area contributed by atoms with Crippen molar-refractivity contribution in [1.82, 2.24) is 4.90 Å². The zero-order valence-corrected chi connectivity index (χ0v) is 18.7. The highest BCUT2D eigenvalue weighted by atomic mass is 16.3. The predicted molar refractivity (Wildman–Crippen MR) is 127 cm³/mol. The van der Waals surface area contributed by atoms with E-state index in [1.54, 1.807) is 0 Å². The van der Waals surface area contributed by atoms with Gasteiger partial charge in [0.05, 0.1) is 5.69 Å². The molecule has 0 saturated carbocycles. The van der Waals surface area contributed by atoms with E-state index in [2.05, 4.69) is 86.9 Å². The van der Waals surface area contributed by atoms with Crippen LogP contribution in [0.4, 0.5) is 5.69 Å². The first kappa shape index (κ1) is 19.3. The van der Waals surface area contributed by atoms with Gasteiger partial charge in [-0.05, 0) is 54.5 Å². The summed E-state index contributed by atoms with van der Waals surface area (Å²) in [6, 6.07) is 11.3. The van der Waals surface area contributed by atoms with Gasteiger partial charge in [0.25, 0.3) is 0 Å². The number of hydrogen-bond acceptors (Lipinski definition) is 3. The van der Waals surface area contributed by atoms with E-state index in [9.17, 15) is 0 Å². The van der Waals surface area contributed by atoms with Gasteiger partial charge in [-0.1, -0.05) is 52.0 Å². The minimum Gasteiger partial charge on any atom is -0.454 e. The number of unbranched alkanes of at least 4 members (excludes halogenated alkanes) is 1. The Kier molecular flexibility index (Phi) is 4.46. The fourth-order valence-corrected chi connectivity index (χ4v) is 5.70. The Balaban J connectivity index is 1.79. The van der Waals surface area contributed by atoms with Crippen molar-refractivity contribution < 1.29 is 4.42 Å². The van der Waals surface area contributed by atoms with Crippen molar-refractivity contribution in [2.24, 2.45) is 0 Å². The molecule has 1 atom stereocenters. The topological polar surface area (TPSA) is 19.6 Å². The molecule has 0 fully saturated rings. The van der Waals surface area contributed by atoms with Crippen molar-refractivity contribution in [3.8, 4) is 0 Å². The summed E-state index contributed by atoms with van der Waals surface area (Å²) in [5.74, 6) is 0. The molecule has 0 N–H and O–H groups in total. The molecule has 2 aliphatic rings. The Morgan fingerprint density at radius 1 is 1.03 bits per heavy atom. The van der Waals surface area contributed by atoms with Crippen LogP contribution in [-0.2, 0) is 11.8 Å². The van der Waals surface area contributed by atoms with Crippen LogP contribution < -0.4 is 4.90 Å². The van der Waals surface area contributed by atoms with Crippen molar-refractivity contribution >= 4 is 27.6 Å². The van der Waals surface area contributed by atoms with E-state index in [4.69, 9.17) is 4.42 Å². The van der Waals surface area contributed by atoms with E-state index in [1.165, 1.54) is 46.0 Å². The standard InChI is InChI=1S/C27H32N2O/c1-6-9-10-19-11-14-23-21(17-19)20-12-13-22-24(25(20)30-23)29-16-15-28(5)26(29)18(4)27(22,7-2)8-3/h11-17,26H,4,6-10H2,1-3,5H3. The minimum absolute atomic E-state index is 0.0315.